The Morgan fingerprint density at radius 3 is 2.77 bits per heavy atom. The van der Waals surface area contributed by atoms with Gasteiger partial charge in [-0.2, -0.15) is 4.99 Å². The lowest BCUT2D eigenvalue weighted by Crippen LogP contribution is -2.22. The first kappa shape index (κ1) is 21.7. The smallest absolute Gasteiger partial charge is 0.325 e. The monoisotopic (exact) mass is 465 g/mol. The Kier molecular flexibility index (Phi) is 6.66. The van der Waals surface area contributed by atoms with E-state index in [-0.39, 0.29) is 22.1 Å². The molecule has 8 nitrogen and oxygen atoms in total. The van der Waals surface area contributed by atoms with E-state index in [0.717, 1.165) is 11.3 Å². The van der Waals surface area contributed by atoms with Crippen LogP contribution in [0.25, 0.3) is 16.3 Å². The quantitative estimate of drug-likeness (QED) is 0.242. The highest BCUT2D eigenvalue weighted by Gasteiger charge is 2.16. The van der Waals surface area contributed by atoms with Crippen molar-refractivity contribution in [1.82, 2.24) is 4.57 Å². The third-order valence-electron chi connectivity index (χ3n) is 3.95. The number of halogens is 2. The van der Waals surface area contributed by atoms with Gasteiger partial charge >= 0.3 is 5.97 Å². The van der Waals surface area contributed by atoms with Crippen molar-refractivity contribution in [3.63, 3.8) is 0 Å². The molecule has 2 aromatic carbocycles. The minimum atomic E-state index is -0.617. The van der Waals surface area contributed by atoms with Crippen LogP contribution in [0, 0.1) is 10.1 Å². The first-order chi connectivity index (χ1) is 14.3. The van der Waals surface area contributed by atoms with Crippen molar-refractivity contribution >= 4 is 68.4 Å². The Balaban J connectivity index is 2.02. The number of carbonyl (C=O) groups excluding carboxylic acids is 2. The molecule has 11 heteroatoms. The van der Waals surface area contributed by atoms with Crippen molar-refractivity contribution in [2.24, 2.45) is 4.99 Å². The molecule has 0 radical (unpaired) electrons. The number of non-ortho nitro benzene ring substituents is 1. The molecular formula is C19H13Cl2N3O5S. The molecule has 0 spiro atoms. The maximum atomic E-state index is 12.4. The number of methoxy groups -OCH3 is 1. The first-order valence-corrected chi connectivity index (χ1v) is 9.92. The summed E-state index contributed by atoms with van der Waals surface area (Å²) in [4.78, 5) is 38.8. The summed E-state index contributed by atoms with van der Waals surface area (Å²) in [6.45, 7) is -0.211. The normalized spacial score (nSPS) is 11.9. The summed E-state index contributed by atoms with van der Waals surface area (Å²) in [5, 5.41) is 11.4. The predicted octanol–water partition coefficient (Wildman–Crippen LogP) is 4.23. The highest BCUT2D eigenvalue weighted by molar-refractivity contribution is 7.16. The van der Waals surface area contributed by atoms with Crippen molar-refractivity contribution in [3.8, 4) is 0 Å². The fourth-order valence-corrected chi connectivity index (χ4v) is 4.09. The summed E-state index contributed by atoms with van der Waals surface area (Å²) in [6.07, 6.45) is 2.60. The van der Waals surface area contributed by atoms with Crippen LogP contribution in [0.5, 0.6) is 0 Å². The van der Waals surface area contributed by atoms with Gasteiger partial charge in [-0.3, -0.25) is 19.7 Å². The SMILES string of the molecule is COC(=O)Cn1c(=NC(=O)/C=C/c2cccc([N+](=O)[O-])c2)sc2ccc(Cl)c(Cl)c21. The minimum absolute atomic E-state index is 0.0894. The zero-order valence-electron chi connectivity index (χ0n) is 15.4. The summed E-state index contributed by atoms with van der Waals surface area (Å²) in [6, 6.07) is 9.15. The zero-order chi connectivity index (χ0) is 21.8. The van der Waals surface area contributed by atoms with Crippen LogP contribution in [0.4, 0.5) is 5.69 Å². The van der Waals surface area contributed by atoms with Crippen molar-refractivity contribution in [3.05, 3.63) is 73.0 Å². The zero-order valence-corrected chi connectivity index (χ0v) is 17.7. The molecule has 0 saturated carbocycles. The van der Waals surface area contributed by atoms with Crippen LogP contribution < -0.4 is 4.80 Å². The summed E-state index contributed by atoms with van der Waals surface area (Å²) < 4.78 is 6.85. The van der Waals surface area contributed by atoms with Crippen LogP contribution in [-0.2, 0) is 20.9 Å². The largest absolute Gasteiger partial charge is 0.468 e. The second-order valence-electron chi connectivity index (χ2n) is 5.89. The van der Waals surface area contributed by atoms with E-state index in [1.54, 1.807) is 18.2 Å². The maximum Gasteiger partial charge on any atom is 0.325 e. The molecule has 3 aromatic rings. The second kappa shape index (κ2) is 9.21. The van der Waals surface area contributed by atoms with Crippen LogP contribution in [-0.4, -0.2) is 28.5 Å². The van der Waals surface area contributed by atoms with Gasteiger partial charge < -0.3 is 9.30 Å². The van der Waals surface area contributed by atoms with E-state index in [4.69, 9.17) is 27.9 Å². The highest BCUT2D eigenvalue weighted by Crippen LogP contribution is 2.32. The molecule has 0 saturated heterocycles. The van der Waals surface area contributed by atoms with Gasteiger partial charge in [0.15, 0.2) is 4.80 Å². The number of thiazole rings is 1. The van der Waals surface area contributed by atoms with Crippen LogP contribution in [0.1, 0.15) is 5.56 Å². The Bertz CT molecular complexity index is 1260. The number of nitro benzene ring substituents is 1. The number of esters is 1. The number of fused-ring (bicyclic) bond motifs is 1. The number of hydrogen-bond donors (Lipinski definition) is 0. The van der Waals surface area contributed by atoms with E-state index in [9.17, 15) is 19.7 Å². The summed E-state index contributed by atoms with van der Waals surface area (Å²) >= 11 is 13.5. The number of aromatic nitrogens is 1. The van der Waals surface area contributed by atoms with Crippen LogP contribution in [0.2, 0.25) is 10.0 Å². The number of ether oxygens (including phenoxy) is 1. The van der Waals surface area contributed by atoms with E-state index in [1.807, 2.05) is 0 Å². The summed E-state index contributed by atoms with van der Waals surface area (Å²) in [7, 11) is 1.25. The molecule has 0 unspecified atom stereocenters. The van der Waals surface area contributed by atoms with Gasteiger partial charge in [0.1, 0.15) is 6.54 Å². The molecule has 30 heavy (non-hydrogen) atoms. The Hall–Kier alpha value is -3.01. The molecule has 0 aliphatic rings. The number of nitrogens with zero attached hydrogens (tertiary/aromatic N) is 3. The number of nitro groups is 1. The number of rotatable bonds is 5. The number of carbonyl (C=O) groups is 2. The molecule has 0 aliphatic carbocycles. The van der Waals surface area contributed by atoms with E-state index in [0.29, 0.717) is 20.8 Å². The second-order valence-corrected chi connectivity index (χ2v) is 7.68. The van der Waals surface area contributed by atoms with Gasteiger partial charge in [0.25, 0.3) is 11.6 Å². The summed E-state index contributed by atoms with van der Waals surface area (Å²) in [5.41, 5.74) is 0.851. The molecule has 3 rings (SSSR count). The molecular weight excluding hydrogens is 453 g/mol. The lowest BCUT2D eigenvalue weighted by molar-refractivity contribution is -0.384. The van der Waals surface area contributed by atoms with Crippen molar-refractivity contribution in [2.75, 3.05) is 7.11 Å². The van der Waals surface area contributed by atoms with Crippen LogP contribution in [0.3, 0.4) is 0 Å². The fourth-order valence-electron chi connectivity index (χ4n) is 2.57. The van der Waals surface area contributed by atoms with E-state index >= 15 is 0 Å². The first-order valence-electron chi connectivity index (χ1n) is 8.35. The molecule has 1 amide bonds. The van der Waals surface area contributed by atoms with Crippen LogP contribution >= 0.6 is 34.5 Å². The fraction of sp³-hybridized carbons (Fsp3) is 0.105. The Morgan fingerprint density at radius 2 is 2.07 bits per heavy atom. The Morgan fingerprint density at radius 1 is 1.30 bits per heavy atom. The molecule has 154 valence electrons. The molecule has 0 aliphatic heterocycles. The number of hydrogen-bond acceptors (Lipinski definition) is 6. The van der Waals surface area contributed by atoms with Gasteiger partial charge in [0.2, 0.25) is 0 Å². The number of benzene rings is 2. The van der Waals surface area contributed by atoms with Gasteiger partial charge in [0.05, 0.1) is 32.3 Å². The standard InChI is InChI=1S/C19H13Cl2N3O5S/c1-29-16(26)10-23-18-14(7-6-13(20)17(18)21)30-19(23)22-15(25)8-5-11-3-2-4-12(9-11)24(27)28/h2-9H,10H2,1H3/b8-5+,22-19?. The predicted molar refractivity (Wildman–Crippen MR) is 115 cm³/mol. The molecule has 0 fully saturated rings. The van der Waals surface area contributed by atoms with Crippen LogP contribution in [0.15, 0.2) is 47.5 Å². The van der Waals surface area contributed by atoms with E-state index < -0.39 is 16.8 Å². The lowest BCUT2D eigenvalue weighted by Gasteiger charge is -2.05. The Labute approximate surface area is 183 Å². The maximum absolute atomic E-state index is 12.4. The van der Waals surface area contributed by atoms with Gasteiger partial charge in [-0.15, -0.1) is 0 Å². The molecule has 0 N–H and O–H groups in total. The van der Waals surface area contributed by atoms with E-state index in [1.165, 1.54) is 42.0 Å². The topological polar surface area (TPSA) is 104 Å². The van der Waals surface area contributed by atoms with Gasteiger partial charge in [-0.05, 0) is 23.8 Å². The van der Waals surface area contributed by atoms with Crippen molar-refractivity contribution < 1.29 is 19.2 Å². The van der Waals surface area contributed by atoms with Crippen molar-refractivity contribution in [1.29, 1.82) is 0 Å². The van der Waals surface area contributed by atoms with E-state index in [2.05, 4.69) is 4.99 Å². The molecule has 0 atom stereocenters. The average molecular weight is 466 g/mol. The average Bonchev–Trinajstić information content (AvgIpc) is 3.06. The third kappa shape index (κ3) is 4.76. The summed E-state index contributed by atoms with van der Waals surface area (Å²) in [5.74, 6) is -1.17. The van der Waals surface area contributed by atoms with Gasteiger partial charge in [-0.25, -0.2) is 0 Å². The molecule has 1 heterocycles. The van der Waals surface area contributed by atoms with Crippen molar-refractivity contribution in [2.45, 2.75) is 6.54 Å². The molecule has 1 aromatic heterocycles. The van der Waals surface area contributed by atoms with Gasteiger partial charge in [-0.1, -0.05) is 46.7 Å². The highest BCUT2D eigenvalue weighted by atomic mass is 35.5. The number of amides is 1. The van der Waals surface area contributed by atoms with Gasteiger partial charge in [0, 0.05) is 18.2 Å². The minimum Gasteiger partial charge on any atom is -0.468 e. The third-order valence-corrected chi connectivity index (χ3v) is 5.79. The lowest BCUT2D eigenvalue weighted by atomic mass is 10.2. The molecule has 0 bridgehead atoms.